The van der Waals surface area contributed by atoms with Gasteiger partial charge in [-0.1, -0.05) is 43.8 Å². The zero-order valence-corrected chi connectivity index (χ0v) is 12.3. The molecule has 1 unspecified atom stereocenters. The van der Waals surface area contributed by atoms with E-state index in [0.717, 1.165) is 18.3 Å². The highest BCUT2D eigenvalue weighted by molar-refractivity contribution is 5.68. The van der Waals surface area contributed by atoms with Gasteiger partial charge < -0.3 is 4.74 Å². The zero-order chi connectivity index (χ0) is 13.5. The summed E-state index contributed by atoms with van der Waals surface area (Å²) >= 11 is 0. The van der Waals surface area contributed by atoms with Gasteiger partial charge in [0.1, 0.15) is 0 Å². The first-order valence-electron chi connectivity index (χ1n) is 8.07. The van der Waals surface area contributed by atoms with E-state index in [1.54, 1.807) is 5.57 Å². The lowest BCUT2D eigenvalue weighted by atomic mass is 9.80. The van der Waals surface area contributed by atoms with Crippen LogP contribution in [-0.4, -0.2) is 13.1 Å². The Bertz CT molecular complexity index is 315. The predicted molar refractivity (Wildman–Crippen MR) is 77.9 cm³/mol. The fraction of sp³-hybridized carbons (Fsp3) is 0.824. The van der Waals surface area contributed by atoms with E-state index in [4.69, 9.17) is 0 Å². The summed E-state index contributed by atoms with van der Waals surface area (Å²) in [6.45, 7) is 0. The SMILES string of the molecule is COC(=O)CCCCCCCCC1C=C(C2CC2)C1. The summed E-state index contributed by atoms with van der Waals surface area (Å²) in [7, 11) is 1.46. The Kier molecular flexibility index (Phi) is 5.93. The van der Waals surface area contributed by atoms with Gasteiger partial charge in [-0.05, 0) is 43.9 Å². The van der Waals surface area contributed by atoms with Crippen LogP contribution < -0.4 is 0 Å². The molecule has 19 heavy (non-hydrogen) atoms. The van der Waals surface area contributed by atoms with E-state index in [9.17, 15) is 4.79 Å². The average molecular weight is 264 g/mol. The van der Waals surface area contributed by atoms with Crippen molar-refractivity contribution in [2.75, 3.05) is 7.11 Å². The second-order valence-corrected chi connectivity index (χ2v) is 6.22. The lowest BCUT2D eigenvalue weighted by Crippen LogP contribution is -2.11. The maximum absolute atomic E-state index is 10.9. The molecular formula is C17H28O2. The molecule has 0 aromatic rings. The molecule has 0 radical (unpaired) electrons. The molecular weight excluding hydrogens is 236 g/mol. The molecule has 1 atom stereocenters. The third-order valence-corrected chi connectivity index (χ3v) is 4.48. The first-order valence-corrected chi connectivity index (χ1v) is 8.07. The fourth-order valence-electron chi connectivity index (χ4n) is 3.00. The molecule has 1 fully saturated rings. The lowest BCUT2D eigenvalue weighted by molar-refractivity contribution is -0.140. The minimum atomic E-state index is -0.0664. The van der Waals surface area contributed by atoms with Gasteiger partial charge >= 0.3 is 5.97 Å². The van der Waals surface area contributed by atoms with Gasteiger partial charge in [-0.15, -0.1) is 0 Å². The zero-order valence-electron chi connectivity index (χ0n) is 12.3. The number of unbranched alkanes of at least 4 members (excludes halogenated alkanes) is 5. The van der Waals surface area contributed by atoms with Crippen LogP contribution in [0.15, 0.2) is 11.6 Å². The monoisotopic (exact) mass is 264 g/mol. The first kappa shape index (κ1) is 14.6. The molecule has 0 aliphatic heterocycles. The summed E-state index contributed by atoms with van der Waals surface area (Å²) in [6, 6.07) is 0. The van der Waals surface area contributed by atoms with Crippen molar-refractivity contribution in [2.45, 2.75) is 70.6 Å². The van der Waals surface area contributed by atoms with Crippen molar-refractivity contribution in [3.8, 4) is 0 Å². The minimum Gasteiger partial charge on any atom is -0.469 e. The number of hydrogen-bond donors (Lipinski definition) is 0. The summed E-state index contributed by atoms with van der Waals surface area (Å²) in [5.74, 6) is 1.85. The van der Waals surface area contributed by atoms with Crippen LogP contribution in [0.4, 0.5) is 0 Å². The van der Waals surface area contributed by atoms with Crippen molar-refractivity contribution < 1.29 is 9.53 Å². The summed E-state index contributed by atoms with van der Waals surface area (Å²) in [5.41, 5.74) is 1.77. The van der Waals surface area contributed by atoms with Gasteiger partial charge in [0.05, 0.1) is 7.11 Å². The summed E-state index contributed by atoms with van der Waals surface area (Å²) in [5, 5.41) is 0. The van der Waals surface area contributed by atoms with Gasteiger partial charge in [0.15, 0.2) is 0 Å². The molecule has 2 aliphatic carbocycles. The molecule has 0 aromatic heterocycles. The smallest absolute Gasteiger partial charge is 0.305 e. The second kappa shape index (κ2) is 7.72. The van der Waals surface area contributed by atoms with Gasteiger partial charge in [-0.2, -0.15) is 0 Å². The van der Waals surface area contributed by atoms with Crippen LogP contribution in [0.5, 0.6) is 0 Å². The number of hydrogen-bond acceptors (Lipinski definition) is 2. The molecule has 1 saturated carbocycles. The second-order valence-electron chi connectivity index (χ2n) is 6.22. The molecule has 108 valence electrons. The molecule has 0 aromatic carbocycles. The highest BCUT2D eigenvalue weighted by Crippen LogP contribution is 2.45. The van der Waals surface area contributed by atoms with Crippen LogP contribution in [0.2, 0.25) is 0 Å². The maximum Gasteiger partial charge on any atom is 0.305 e. The molecule has 2 nitrogen and oxygen atoms in total. The number of esters is 1. The summed E-state index contributed by atoms with van der Waals surface area (Å²) < 4.78 is 4.63. The van der Waals surface area contributed by atoms with Gasteiger partial charge in [-0.25, -0.2) is 0 Å². The van der Waals surface area contributed by atoms with E-state index in [2.05, 4.69) is 10.8 Å². The Balaban J connectivity index is 1.34. The highest BCUT2D eigenvalue weighted by Gasteiger charge is 2.31. The Hall–Kier alpha value is -0.790. The van der Waals surface area contributed by atoms with E-state index in [1.165, 1.54) is 64.9 Å². The van der Waals surface area contributed by atoms with Crippen LogP contribution in [0.3, 0.4) is 0 Å². The van der Waals surface area contributed by atoms with Gasteiger partial charge in [0.25, 0.3) is 0 Å². The Morgan fingerprint density at radius 3 is 2.42 bits per heavy atom. The predicted octanol–water partition coefficient (Wildman–Crippen LogP) is 4.64. The van der Waals surface area contributed by atoms with E-state index < -0.39 is 0 Å². The molecule has 0 saturated heterocycles. The first-order chi connectivity index (χ1) is 9.29. The standard InChI is InChI=1S/C17H28O2/c1-19-17(18)9-7-5-3-2-4-6-8-14-12-16(13-14)15-10-11-15/h12,14-15H,2-11,13H2,1H3. The number of allylic oxidation sites excluding steroid dienone is 2. The van der Waals surface area contributed by atoms with E-state index in [1.807, 2.05) is 0 Å². The Morgan fingerprint density at radius 2 is 1.79 bits per heavy atom. The fourth-order valence-corrected chi connectivity index (χ4v) is 3.00. The molecule has 0 amide bonds. The van der Waals surface area contributed by atoms with Crippen molar-refractivity contribution >= 4 is 5.97 Å². The van der Waals surface area contributed by atoms with Gasteiger partial charge in [-0.3, -0.25) is 4.79 Å². The number of carbonyl (C=O) groups is 1. The molecule has 0 bridgehead atoms. The molecule has 2 rings (SSSR count). The van der Waals surface area contributed by atoms with Gasteiger partial charge in [0.2, 0.25) is 0 Å². The average Bonchev–Trinajstić information content (AvgIpc) is 3.18. The maximum atomic E-state index is 10.9. The van der Waals surface area contributed by atoms with Crippen molar-refractivity contribution in [3.05, 3.63) is 11.6 Å². The quantitative estimate of drug-likeness (QED) is 0.326. The van der Waals surface area contributed by atoms with Crippen molar-refractivity contribution in [3.63, 3.8) is 0 Å². The van der Waals surface area contributed by atoms with Crippen molar-refractivity contribution in [1.29, 1.82) is 0 Å². The lowest BCUT2D eigenvalue weighted by Gasteiger charge is -2.25. The number of rotatable bonds is 10. The normalized spacial score (nSPS) is 21.7. The topological polar surface area (TPSA) is 26.3 Å². The Morgan fingerprint density at radius 1 is 1.16 bits per heavy atom. The van der Waals surface area contributed by atoms with E-state index in [0.29, 0.717) is 6.42 Å². The molecule has 0 spiro atoms. The number of methoxy groups -OCH3 is 1. The number of ether oxygens (including phenoxy) is 1. The molecule has 2 aliphatic rings. The van der Waals surface area contributed by atoms with E-state index >= 15 is 0 Å². The largest absolute Gasteiger partial charge is 0.469 e. The van der Waals surface area contributed by atoms with Crippen LogP contribution in [-0.2, 0) is 9.53 Å². The Labute approximate surface area is 117 Å². The third kappa shape index (κ3) is 5.38. The molecule has 0 heterocycles. The van der Waals surface area contributed by atoms with Crippen LogP contribution in [0.1, 0.15) is 70.6 Å². The highest BCUT2D eigenvalue weighted by atomic mass is 16.5. The van der Waals surface area contributed by atoms with Crippen LogP contribution >= 0.6 is 0 Å². The van der Waals surface area contributed by atoms with Gasteiger partial charge in [0, 0.05) is 6.42 Å². The van der Waals surface area contributed by atoms with E-state index in [-0.39, 0.29) is 5.97 Å². The van der Waals surface area contributed by atoms with Crippen LogP contribution in [0.25, 0.3) is 0 Å². The van der Waals surface area contributed by atoms with Crippen molar-refractivity contribution in [2.24, 2.45) is 11.8 Å². The van der Waals surface area contributed by atoms with Crippen LogP contribution in [0, 0.1) is 11.8 Å². The van der Waals surface area contributed by atoms with Crippen molar-refractivity contribution in [1.82, 2.24) is 0 Å². The number of carbonyl (C=O) groups excluding carboxylic acids is 1. The molecule has 0 N–H and O–H groups in total. The summed E-state index contributed by atoms with van der Waals surface area (Å²) in [4.78, 5) is 10.9. The third-order valence-electron chi connectivity index (χ3n) is 4.48. The summed E-state index contributed by atoms with van der Waals surface area (Å²) in [6.07, 6.45) is 16.4. The minimum absolute atomic E-state index is 0.0664. The molecule has 2 heteroatoms.